The molecular formula is C16H25N3O2. The second-order valence-electron chi connectivity index (χ2n) is 5.55. The Morgan fingerprint density at radius 2 is 2.38 bits per heavy atom. The van der Waals surface area contributed by atoms with Crippen LogP contribution in [0.1, 0.15) is 18.4 Å². The van der Waals surface area contributed by atoms with Crippen LogP contribution in [0.25, 0.3) is 0 Å². The predicted octanol–water partition coefficient (Wildman–Crippen LogP) is 1.37. The molecule has 0 bridgehead atoms. The van der Waals surface area contributed by atoms with Crippen LogP contribution in [0.4, 0.5) is 5.69 Å². The highest BCUT2D eigenvalue weighted by molar-refractivity contribution is 5.90. The number of amides is 1. The molecule has 0 radical (unpaired) electrons. The molecule has 0 aromatic heterocycles. The first-order valence-corrected chi connectivity index (χ1v) is 7.58. The summed E-state index contributed by atoms with van der Waals surface area (Å²) in [6, 6.07) is 7.86. The number of morpholine rings is 1. The van der Waals surface area contributed by atoms with Gasteiger partial charge in [0, 0.05) is 31.7 Å². The molecule has 21 heavy (non-hydrogen) atoms. The van der Waals surface area contributed by atoms with Crippen LogP contribution in [0.3, 0.4) is 0 Å². The number of hydrogen-bond donors (Lipinski definition) is 2. The van der Waals surface area contributed by atoms with E-state index in [-0.39, 0.29) is 12.0 Å². The average molecular weight is 291 g/mol. The molecule has 0 saturated carbocycles. The van der Waals surface area contributed by atoms with Crippen LogP contribution in [0, 0.1) is 6.92 Å². The number of rotatable bonds is 6. The van der Waals surface area contributed by atoms with Gasteiger partial charge in [-0.1, -0.05) is 12.1 Å². The zero-order chi connectivity index (χ0) is 15.1. The van der Waals surface area contributed by atoms with Crippen molar-refractivity contribution in [2.24, 2.45) is 5.73 Å². The van der Waals surface area contributed by atoms with Crippen LogP contribution in [0.5, 0.6) is 0 Å². The number of nitrogens with zero attached hydrogens (tertiary/aromatic N) is 1. The van der Waals surface area contributed by atoms with E-state index in [0.29, 0.717) is 13.0 Å². The van der Waals surface area contributed by atoms with Crippen molar-refractivity contribution in [2.75, 3.05) is 38.1 Å². The first-order valence-electron chi connectivity index (χ1n) is 7.58. The standard InChI is InChI=1S/C16H25N3O2/c1-13-4-2-5-14(10-13)18-16(20)6-3-7-19-8-9-21-15(11-17)12-19/h2,4-5,10,15H,3,6-9,11-12,17H2,1H3,(H,18,20). The van der Waals surface area contributed by atoms with Crippen molar-refractivity contribution in [2.45, 2.75) is 25.9 Å². The van der Waals surface area contributed by atoms with E-state index in [2.05, 4.69) is 10.2 Å². The van der Waals surface area contributed by atoms with Crippen molar-refractivity contribution in [1.82, 2.24) is 4.90 Å². The monoisotopic (exact) mass is 291 g/mol. The van der Waals surface area contributed by atoms with E-state index >= 15 is 0 Å². The Bertz CT molecular complexity index is 465. The molecule has 5 heteroatoms. The number of hydrogen-bond acceptors (Lipinski definition) is 4. The number of benzene rings is 1. The fourth-order valence-electron chi connectivity index (χ4n) is 2.54. The lowest BCUT2D eigenvalue weighted by molar-refractivity contribution is -0.116. The summed E-state index contributed by atoms with van der Waals surface area (Å²) < 4.78 is 5.53. The van der Waals surface area contributed by atoms with Crippen molar-refractivity contribution in [1.29, 1.82) is 0 Å². The third-order valence-corrected chi connectivity index (χ3v) is 3.67. The van der Waals surface area contributed by atoms with E-state index in [4.69, 9.17) is 10.5 Å². The number of aryl methyl sites for hydroxylation is 1. The van der Waals surface area contributed by atoms with E-state index in [9.17, 15) is 4.79 Å². The third-order valence-electron chi connectivity index (χ3n) is 3.67. The maximum Gasteiger partial charge on any atom is 0.224 e. The Balaban J connectivity index is 1.67. The average Bonchev–Trinajstić information content (AvgIpc) is 2.47. The summed E-state index contributed by atoms with van der Waals surface area (Å²) in [5.41, 5.74) is 7.64. The number of nitrogens with two attached hydrogens (primary N) is 1. The number of carbonyl (C=O) groups is 1. The molecule has 1 saturated heterocycles. The second kappa shape index (κ2) is 8.12. The number of carbonyl (C=O) groups excluding carboxylic acids is 1. The van der Waals surface area contributed by atoms with Crippen LogP contribution in [-0.2, 0) is 9.53 Å². The van der Waals surface area contributed by atoms with Crippen LogP contribution < -0.4 is 11.1 Å². The minimum absolute atomic E-state index is 0.0734. The summed E-state index contributed by atoms with van der Waals surface area (Å²) in [7, 11) is 0. The lowest BCUT2D eigenvalue weighted by atomic mass is 10.2. The molecule has 2 rings (SSSR count). The quantitative estimate of drug-likeness (QED) is 0.831. The van der Waals surface area contributed by atoms with Gasteiger partial charge in [0.15, 0.2) is 0 Å². The van der Waals surface area contributed by atoms with Gasteiger partial charge in [0.2, 0.25) is 5.91 Å². The van der Waals surface area contributed by atoms with Gasteiger partial charge < -0.3 is 15.8 Å². The minimum atomic E-state index is 0.0734. The van der Waals surface area contributed by atoms with Crippen molar-refractivity contribution < 1.29 is 9.53 Å². The molecule has 0 aliphatic carbocycles. The van der Waals surface area contributed by atoms with Gasteiger partial charge in [0.1, 0.15) is 0 Å². The van der Waals surface area contributed by atoms with E-state index in [1.54, 1.807) is 0 Å². The Hall–Kier alpha value is -1.43. The second-order valence-corrected chi connectivity index (χ2v) is 5.55. The highest BCUT2D eigenvalue weighted by atomic mass is 16.5. The molecule has 1 aliphatic heterocycles. The fourth-order valence-corrected chi connectivity index (χ4v) is 2.54. The highest BCUT2D eigenvalue weighted by Crippen LogP contribution is 2.11. The maximum absolute atomic E-state index is 11.9. The fraction of sp³-hybridized carbons (Fsp3) is 0.562. The number of anilines is 1. The van der Waals surface area contributed by atoms with Gasteiger partial charge in [0.25, 0.3) is 0 Å². The molecule has 1 unspecified atom stereocenters. The zero-order valence-corrected chi connectivity index (χ0v) is 12.7. The maximum atomic E-state index is 11.9. The smallest absolute Gasteiger partial charge is 0.224 e. The Morgan fingerprint density at radius 1 is 1.52 bits per heavy atom. The zero-order valence-electron chi connectivity index (χ0n) is 12.7. The molecule has 5 nitrogen and oxygen atoms in total. The first-order chi connectivity index (χ1) is 10.2. The molecule has 1 aliphatic rings. The number of nitrogens with one attached hydrogen (secondary N) is 1. The summed E-state index contributed by atoms with van der Waals surface area (Å²) >= 11 is 0. The predicted molar refractivity (Wildman–Crippen MR) is 84.3 cm³/mol. The first kappa shape index (κ1) is 15.9. The molecule has 1 fully saturated rings. The molecule has 1 amide bonds. The van der Waals surface area contributed by atoms with Gasteiger partial charge in [-0.3, -0.25) is 9.69 Å². The molecule has 116 valence electrons. The molecule has 1 aromatic rings. The van der Waals surface area contributed by atoms with Crippen LogP contribution in [0.15, 0.2) is 24.3 Å². The molecule has 3 N–H and O–H groups in total. The lowest BCUT2D eigenvalue weighted by Gasteiger charge is -2.32. The summed E-state index contributed by atoms with van der Waals surface area (Å²) in [6.45, 7) is 6.02. The largest absolute Gasteiger partial charge is 0.374 e. The van der Waals surface area contributed by atoms with Gasteiger partial charge in [-0.25, -0.2) is 0 Å². The van der Waals surface area contributed by atoms with Gasteiger partial charge in [-0.2, -0.15) is 0 Å². The molecule has 1 heterocycles. The van der Waals surface area contributed by atoms with E-state index in [1.165, 1.54) is 0 Å². The van der Waals surface area contributed by atoms with Crippen LogP contribution in [0.2, 0.25) is 0 Å². The summed E-state index contributed by atoms with van der Waals surface area (Å²) in [6.07, 6.45) is 1.54. The molecule has 1 atom stereocenters. The van der Waals surface area contributed by atoms with Gasteiger partial charge in [-0.05, 0) is 37.6 Å². The van der Waals surface area contributed by atoms with E-state index < -0.39 is 0 Å². The van der Waals surface area contributed by atoms with Crippen LogP contribution in [-0.4, -0.2) is 49.7 Å². The Morgan fingerprint density at radius 3 is 3.14 bits per heavy atom. The SMILES string of the molecule is Cc1cccc(NC(=O)CCCN2CCOC(CN)C2)c1. The topological polar surface area (TPSA) is 67.6 Å². The van der Waals surface area contributed by atoms with E-state index in [1.807, 2.05) is 31.2 Å². The van der Waals surface area contributed by atoms with Crippen LogP contribution >= 0.6 is 0 Å². The summed E-state index contributed by atoms with van der Waals surface area (Å²) in [4.78, 5) is 14.2. The van der Waals surface area contributed by atoms with E-state index in [0.717, 1.165) is 43.9 Å². The molecular weight excluding hydrogens is 266 g/mol. The van der Waals surface area contributed by atoms with Gasteiger partial charge >= 0.3 is 0 Å². The minimum Gasteiger partial charge on any atom is -0.374 e. The van der Waals surface area contributed by atoms with Crippen molar-refractivity contribution in [3.05, 3.63) is 29.8 Å². The normalized spacial score (nSPS) is 19.4. The van der Waals surface area contributed by atoms with Gasteiger partial charge in [-0.15, -0.1) is 0 Å². The number of ether oxygens (including phenoxy) is 1. The Kier molecular flexibility index (Phi) is 6.17. The van der Waals surface area contributed by atoms with Crippen molar-refractivity contribution >= 4 is 11.6 Å². The van der Waals surface area contributed by atoms with Crippen molar-refractivity contribution in [3.63, 3.8) is 0 Å². The summed E-state index contributed by atoms with van der Waals surface area (Å²) in [5.74, 6) is 0.0734. The Labute approximate surface area is 126 Å². The molecule has 0 spiro atoms. The summed E-state index contributed by atoms with van der Waals surface area (Å²) in [5, 5.41) is 2.94. The van der Waals surface area contributed by atoms with Crippen molar-refractivity contribution in [3.8, 4) is 0 Å². The highest BCUT2D eigenvalue weighted by Gasteiger charge is 2.18. The lowest BCUT2D eigenvalue weighted by Crippen LogP contribution is -2.45. The van der Waals surface area contributed by atoms with Gasteiger partial charge in [0.05, 0.1) is 12.7 Å². The third kappa shape index (κ3) is 5.46. The molecule has 1 aromatic carbocycles.